The van der Waals surface area contributed by atoms with Crippen LogP contribution in [-0.4, -0.2) is 24.8 Å². The van der Waals surface area contributed by atoms with E-state index in [0.717, 1.165) is 24.3 Å². The van der Waals surface area contributed by atoms with Crippen LogP contribution in [0.15, 0.2) is 12.1 Å². The van der Waals surface area contributed by atoms with Crippen molar-refractivity contribution in [3.05, 3.63) is 23.4 Å². The highest BCUT2D eigenvalue weighted by Crippen LogP contribution is 2.13. The second-order valence-corrected chi connectivity index (χ2v) is 3.76. The van der Waals surface area contributed by atoms with Crippen LogP contribution in [0.1, 0.15) is 24.6 Å². The molecule has 0 aromatic carbocycles. The molecule has 1 aromatic rings. The van der Waals surface area contributed by atoms with E-state index >= 15 is 0 Å². The van der Waals surface area contributed by atoms with E-state index in [1.54, 1.807) is 0 Å². The van der Waals surface area contributed by atoms with Gasteiger partial charge in [-0.3, -0.25) is 0 Å². The van der Waals surface area contributed by atoms with Crippen molar-refractivity contribution in [1.82, 2.24) is 4.98 Å². The van der Waals surface area contributed by atoms with E-state index in [1.807, 2.05) is 19.1 Å². The number of hydrogen-bond donors (Lipinski definition) is 0. The van der Waals surface area contributed by atoms with Crippen LogP contribution in [0.4, 0.5) is 0 Å². The molecule has 0 saturated carbocycles. The SMILES string of the molecule is CCCOCCOc1ccc(CCl)c(C)n1. The fraction of sp³-hybridized carbons (Fsp3) is 0.583. The highest BCUT2D eigenvalue weighted by Gasteiger charge is 2.01. The average molecular weight is 244 g/mol. The molecule has 0 atom stereocenters. The fourth-order valence-corrected chi connectivity index (χ4v) is 1.52. The lowest BCUT2D eigenvalue weighted by atomic mass is 10.2. The van der Waals surface area contributed by atoms with Gasteiger partial charge in [0, 0.05) is 24.2 Å². The van der Waals surface area contributed by atoms with Crippen LogP contribution >= 0.6 is 11.6 Å². The third kappa shape index (κ3) is 4.37. The van der Waals surface area contributed by atoms with Crippen molar-refractivity contribution in [3.63, 3.8) is 0 Å². The van der Waals surface area contributed by atoms with Gasteiger partial charge in [0.1, 0.15) is 6.61 Å². The number of hydrogen-bond acceptors (Lipinski definition) is 3. The summed E-state index contributed by atoms with van der Waals surface area (Å²) in [7, 11) is 0. The van der Waals surface area contributed by atoms with Crippen molar-refractivity contribution in [2.24, 2.45) is 0 Å². The summed E-state index contributed by atoms with van der Waals surface area (Å²) in [6, 6.07) is 3.78. The Morgan fingerprint density at radius 1 is 1.25 bits per heavy atom. The van der Waals surface area contributed by atoms with Crippen LogP contribution in [0.3, 0.4) is 0 Å². The zero-order valence-electron chi connectivity index (χ0n) is 9.83. The van der Waals surface area contributed by atoms with E-state index in [2.05, 4.69) is 11.9 Å². The van der Waals surface area contributed by atoms with Crippen LogP contribution in [0.25, 0.3) is 0 Å². The molecule has 0 fully saturated rings. The first-order valence-corrected chi connectivity index (χ1v) is 6.04. The molecule has 0 amide bonds. The summed E-state index contributed by atoms with van der Waals surface area (Å²) in [6.45, 7) is 5.92. The minimum atomic E-state index is 0.485. The lowest BCUT2D eigenvalue weighted by Crippen LogP contribution is -2.08. The van der Waals surface area contributed by atoms with Gasteiger partial charge in [0.2, 0.25) is 5.88 Å². The number of halogens is 1. The topological polar surface area (TPSA) is 31.4 Å². The van der Waals surface area contributed by atoms with Gasteiger partial charge in [-0.05, 0) is 18.9 Å². The molecule has 1 aromatic heterocycles. The smallest absolute Gasteiger partial charge is 0.213 e. The first kappa shape index (κ1) is 13.3. The number of ether oxygens (including phenoxy) is 2. The molecule has 4 heteroatoms. The van der Waals surface area contributed by atoms with Gasteiger partial charge in [-0.25, -0.2) is 4.98 Å². The van der Waals surface area contributed by atoms with Gasteiger partial charge >= 0.3 is 0 Å². The second kappa shape index (κ2) is 7.47. The van der Waals surface area contributed by atoms with Gasteiger partial charge in [0.15, 0.2) is 0 Å². The van der Waals surface area contributed by atoms with Gasteiger partial charge in [0.05, 0.1) is 6.61 Å². The molecule has 0 radical (unpaired) electrons. The molecule has 0 N–H and O–H groups in total. The summed E-state index contributed by atoms with van der Waals surface area (Å²) in [6.07, 6.45) is 1.03. The molecule has 1 heterocycles. The summed E-state index contributed by atoms with van der Waals surface area (Å²) in [5.41, 5.74) is 1.96. The monoisotopic (exact) mass is 243 g/mol. The highest BCUT2D eigenvalue weighted by molar-refractivity contribution is 6.17. The van der Waals surface area contributed by atoms with E-state index in [-0.39, 0.29) is 0 Å². The number of aryl methyl sites for hydroxylation is 1. The minimum absolute atomic E-state index is 0.485. The van der Waals surface area contributed by atoms with Crippen molar-refractivity contribution < 1.29 is 9.47 Å². The van der Waals surface area contributed by atoms with Gasteiger partial charge in [-0.15, -0.1) is 11.6 Å². The van der Waals surface area contributed by atoms with Crippen molar-refractivity contribution in [1.29, 1.82) is 0 Å². The Kier molecular flexibility index (Phi) is 6.19. The van der Waals surface area contributed by atoms with Crippen LogP contribution in [0.2, 0.25) is 0 Å². The second-order valence-electron chi connectivity index (χ2n) is 3.49. The Bertz CT molecular complexity index is 318. The van der Waals surface area contributed by atoms with Gasteiger partial charge < -0.3 is 9.47 Å². The number of alkyl halides is 1. The summed E-state index contributed by atoms with van der Waals surface area (Å²) in [5, 5.41) is 0. The molecular formula is C12H18ClNO2. The largest absolute Gasteiger partial charge is 0.475 e. The Balaban J connectivity index is 2.34. The Hall–Kier alpha value is -0.800. The molecular weight excluding hydrogens is 226 g/mol. The molecule has 0 unspecified atom stereocenters. The predicted molar refractivity (Wildman–Crippen MR) is 65.1 cm³/mol. The Labute approximate surface area is 102 Å². The number of pyridine rings is 1. The third-order valence-corrected chi connectivity index (χ3v) is 2.43. The molecule has 16 heavy (non-hydrogen) atoms. The summed E-state index contributed by atoms with van der Waals surface area (Å²) >= 11 is 5.75. The third-order valence-electron chi connectivity index (χ3n) is 2.14. The Morgan fingerprint density at radius 2 is 2.06 bits per heavy atom. The van der Waals surface area contributed by atoms with E-state index in [9.17, 15) is 0 Å². The lowest BCUT2D eigenvalue weighted by molar-refractivity contribution is 0.0989. The predicted octanol–water partition coefficient (Wildman–Crippen LogP) is 2.93. The maximum absolute atomic E-state index is 5.75. The van der Waals surface area contributed by atoms with E-state index in [1.165, 1.54) is 0 Å². The quantitative estimate of drug-likeness (QED) is 0.545. The summed E-state index contributed by atoms with van der Waals surface area (Å²) in [5.74, 6) is 1.12. The molecule has 0 bridgehead atoms. The first-order valence-electron chi connectivity index (χ1n) is 5.51. The van der Waals surface area contributed by atoms with Crippen LogP contribution < -0.4 is 4.74 Å². The molecule has 0 aliphatic carbocycles. The maximum atomic E-state index is 5.75. The van der Waals surface area contributed by atoms with Crippen molar-refractivity contribution in [2.75, 3.05) is 19.8 Å². The normalized spacial score (nSPS) is 10.4. The minimum Gasteiger partial charge on any atom is -0.475 e. The number of rotatable bonds is 7. The van der Waals surface area contributed by atoms with Gasteiger partial charge in [-0.1, -0.05) is 13.0 Å². The van der Waals surface area contributed by atoms with E-state index in [4.69, 9.17) is 21.1 Å². The molecule has 0 saturated heterocycles. The molecule has 1 rings (SSSR count). The van der Waals surface area contributed by atoms with Crippen molar-refractivity contribution in [3.8, 4) is 5.88 Å². The van der Waals surface area contributed by atoms with E-state index in [0.29, 0.717) is 25.0 Å². The lowest BCUT2D eigenvalue weighted by Gasteiger charge is -2.07. The average Bonchev–Trinajstić information content (AvgIpc) is 2.29. The van der Waals surface area contributed by atoms with Crippen molar-refractivity contribution >= 4 is 11.6 Å². The number of aromatic nitrogens is 1. The molecule has 90 valence electrons. The maximum Gasteiger partial charge on any atom is 0.213 e. The molecule has 0 spiro atoms. The number of nitrogens with zero attached hydrogens (tertiary/aromatic N) is 1. The molecule has 0 aliphatic heterocycles. The van der Waals surface area contributed by atoms with Gasteiger partial charge in [0.25, 0.3) is 0 Å². The standard InChI is InChI=1S/C12H18ClNO2/c1-3-6-15-7-8-16-12-5-4-11(9-13)10(2)14-12/h4-5H,3,6-9H2,1-2H3. The zero-order chi connectivity index (χ0) is 11.8. The first-order chi connectivity index (χ1) is 7.77. The fourth-order valence-electron chi connectivity index (χ4n) is 1.24. The summed E-state index contributed by atoms with van der Waals surface area (Å²) in [4.78, 5) is 4.30. The van der Waals surface area contributed by atoms with E-state index < -0.39 is 0 Å². The van der Waals surface area contributed by atoms with Crippen molar-refractivity contribution in [2.45, 2.75) is 26.1 Å². The van der Waals surface area contributed by atoms with Crippen LogP contribution in [0.5, 0.6) is 5.88 Å². The Morgan fingerprint density at radius 3 is 2.69 bits per heavy atom. The van der Waals surface area contributed by atoms with Crippen LogP contribution in [0, 0.1) is 6.92 Å². The summed E-state index contributed by atoms with van der Waals surface area (Å²) < 4.78 is 10.8. The van der Waals surface area contributed by atoms with Crippen LogP contribution in [-0.2, 0) is 10.6 Å². The van der Waals surface area contributed by atoms with Gasteiger partial charge in [-0.2, -0.15) is 0 Å². The highest BCUT2D eigenvalue weighted by atomic mass is 35.5. The zero-order valence-corrected chi connectivity index (χ0v) is 10.6. The molecule has 0 aliphatic rings. The molecule has 3 nitrogen and oxygen atoms in total.